The van der Waals surface area contributed by atoms with Crippen molar-refractivity contribution in [2.45, 2.75) is 296 Å². The fourth-order valence-corrected chi connectivity index (χ4v) is 9.80. The second kappa shape index (κ2) is 51.5. The summed E-state index contributed by atoms with van der Waals surface area (Å²) < 4.78 is 67.3. The molecule has 75 heavy (non-hydrogen) atoms. The van der Waals surface area contributed by atoms with E-state index in [1.807, 2.05) is 0 Å². The Bertz CT molecular complexity index is 1470. The van der Waals surface area contributed by atoms with Crippen LogP contribution in [-0.4, -0.2) is 96.7 Å². The molecule has 0 aromatic heterocycles. The fourth-order valence-electron chi connectivity index (χ4n) is 8.22. The molecule has 2 unspecified atom stereocenters. The molecule has 3 N–H and O–H groups in total. The lowest BCUT2D eigenvalue weighted by molar-refractivity contribution is -0.161. The predicted molar refractivity (Wildman–Crippen MR) is 294 cm³/mol. The topological polar surface area (TPSA) is 237 Å². The molecule has 0 aliphatic carbocycles. The monoisotopic (exact) mass is 1110 g/mol. The number of hydrogen-bond acceptors (Lipinski definition) is 15. The molecule has 0 radical (unpaired) electrons. The molecule has 5 atom stereocenters. The van der Waals surface area contributed by atoms with Crippen LogP contribution in [0, 0.1) is 0 Å². The lowest BCUT2D eigenvalue weighted by atomic mass is 10.0. The summed E-state index contributed by atoms with van der Waals surface area (Å²) in [7, 11) is -9.85. The molecule has 0 amide bonds. The second-order valence-corrected chi connectivity index (χ2v) is 23.2. The van der Waals surface area contributed by atoms with Crippen molar-refractivity contribution in [3.63, 3.8) is 0 Å². The minimum atomic E-state index is -4.93. The van der Waals surface area contributed by atoms with Crippen LogP contribution in [0.1, 0.15) is 278 Å². The molecule has 17 nitrogen and oxygen atoms in total. The van der Waals surface area contributed by atoms with Crippen LogP contribution >= 0.6 is 15.6 Å². The fraction of sp³-hybridized carbons (Fsp3) is 0.929. The van der Waals surface area contributed by atoms with Gasteiger partial charge in [0.05, 0.1) is 26.4 Å². The number of aliphatic hydroxyl groups excluding tert-OH is 1. The number of aliphatic hydroxyl groups is 1. The van der Waals surface area contributed by atoms with E-state index < -0.39 is 97.5 Å². The van der Waals surface area contributed by atoms with Gasteiger partial charge in [-0.2, -0.15) is 0 Å². The van der Waals surface area contributed by atoms with E-state index in [9.17, 15) is 43.2 Å². The molecule has 0 fully saturated rings. The van der Waals surface area contributed by atoms with Crippen molar-refractivity contribution < 1.29 is 80.2 Å². The molecule has 0 aliphatic heterocycles. The minimum Gasteiger partial charge on any atom is -0.462 e. The average molecular weight is 1120 g/mol. The Morgan fingerprint density at radius 2 is 0.533 bits per heavy atom. The summed E-state index contributed by atoms with van der Waals surface area (Å²) >= 11 is 0. The Kier molecular flexibility index (Phi) is 50.2. The molecule has 19 heteroatoms. The summed E-state index contributed by atoms with van der Waals surface area (Å²) in [5, 5.41) is 10.5. The predicted octanol–water partition coefficient (Wildman–Crippen LogP) is 14.8. The van der Waals surface area contributed by atoms with Gasteiger partial charge in [0.25, 0.3) is 0 Å². The third-order valence-corrected chi connectivity index (χ3v) is 14.8. The Morgan fingerprint density at radius 3 is 0.787 bits per heavy atom. The Hall–Kier alpha value is -1.94. The lowest BCUT2D eigenvalue weighted by Crippen LogP contribution is -2.30. The maximum Gasteiger partial charge on any atom is 0.472 e. The van der Waals surface area contributed by atoms with E-state index in [1.54, 1.807) is 0 Å². The Morgan fingerprint density at radius 1 is 0.320 bits per heavy atom. The molecule has 0 aromatic carbocycles. The van der Waals surface area contributed by atoms with Crippen molar-refractivity contribution in [2.24, 2.45) is 0 Å². The minimum absolute atomic E-state index is 0.104. The molecule has 0 spiro atoms. The maximum absolute atomic E-state index is 12.9. The van der Waals surface area contributed by atoms with Gasteiger partial charge < -0.3 is 33.8 Å². The Balaban J connectivity index is 5.14. The zero-order chi connectivity index (χ0) is 55.5. The van der Waals surface area contributed by atoms with Crippen molar-refractivity contribution in [3.8, 4) is 0 Å². The highest BCUT2D eigenvalue weighted by Gasteiger charge is 2.30. The van der Waals surface area contributed by atoms with E-state index in [4.69, 9.17) is 37.0 Å². The normalized spacial score (nSPS) is 14.4. The summed E-state index contributed by atoms with van der Waals surface area (Å²) in [6.07, 6.45) is 33.9. The highest BCUT2D eigenvalue weighted by atomic mass is 31.2. The number of phosphoric acid groups is 2. The summed E-state index contributed by atoms with van der Waals surface area (Å²) in [5.41, 5.74) is 0. The zero-order valence-corrected chi connectivity index (χ0v) is 49.3. The highest BCUT2D eigenvalue weighted by Crippen LogP contribution is 2.45. The summed E-state index contributed by atoms with van der Waals surface area (Å²) in [5.74, 6) is -2.16. The zero-order valence-electron chi connectivity index (χ0n) is 47.5. The first-order valence-electron chi connectivity index (χ1n) is 29.8. The van der Waals surface area contributed by atoms with Gasteiger partial charge in [-0.25, -0.2) is 9.13 Å². The third-order valence-electron chi connectivity index (χ3n) is 12.9. The summed E-state index contributed by atoms with van der Waals surface area (Å²) in [4.78, 5) is 71.4. The van der Waals surface area contributed by atoms with E-state index in [2.05, 4.69) is 27.7 Å². The molecule has 0 rings (SSSR count). The molecule has 0 aromatic rings. The van der Waals surface area contributed by atoms with Crippen molar-refractivity contribution in [1.82, 2.24) is 0 Å². The van der Waals surface area contributed by atoms with Crippen molar-refractivity contribution in [1.29, 1.82) is 0 Å². The number of carbonyl (C=O) groups excluding carboxylic acids is 4. The van der Waals surface area contributed by atoms with Gasteiger partial charge in [0.1, 0.15) is 19.3 Å². The molecular formula is C56H108O17P2. The second-order valence-electron chi connectivity index (χ2n) is 20.3. The van der Waals surface area contributed by atoms with Crippen LogP contribution in [-0.2, 0) is 65.4 Å². The quantitative estimate of drug-likeness (QED) is 0.0222. The number of phosphoric ester groups is 2. The van der Waals surface area contributed by atoms with Crippen LogP contribution in [0.5, 0.6) is 0 Å². The van der Waals surface area contributed by atoms with Gasteiger partial charge in [0.2, 0.25) is 0 Å². The van der Waals surface area contributed by atoms with Crippen LogP contribution in [0.2, 0.25) is 0 Å². The number of carbonyl (C=O) groups is 4. The van der Waals surface area contributed by atoms with Crippen molar-refractivity contribution >= 4 is 39.5 Å². The Labute approximate surface area is 454 Å². The molecule has 0 aliphatic rings. The van der Waals surface area contributed by atoms with Crippen LogP contribution in [0.15, 0.2) is 0 Å². The molecule has 0 heterocycles. The molecule has 0 bridgehead atoms. The van der Waals surface area contributed by atoms with Crippen LogP contribution < -0.4 is 0 Å². The average Bonchev–Trinajstić information content (AvgIpc) is 3.38. The van der Waals surface area contributed by atoms with E-state index >= 15 is 0 Å². The van der Waals surface area contributed by atoms with Gasteiger partial charge in [0.15, 0.2) is 12.2 Å². The summed E-state index contributed by atoms with van der Waals surface area (Å²) in [6, 6.07) is 0. The SMILES string of the molecule is CCCCCCCCCCCCCCCCC(=O)O[C@H](COC(=O)CCCCCCCCCC)COP(=O)(O)OC[C@@H](O)COP(=O)(O)OC[C@@H](COC(=O)CCCCCCC)OC(=O)CCCCCCCCCC. The van der Waals surface area contributed by atoms with Gasteiger partial charge in [-0.1, -0.05) is 227 Å². The standard InChI is InChI=1S/C56H108O17P2/c1-5-9-13-17-20-23-24-25-26-27-28-31-35-39-43-56(61)73-52(47-67-54(59)41-37-33-29-21-18-14-10-6-2)49-71-75(64,65)69-45-50(57)44-68-74(62,63)70-48-51(46-66-53(58)40-36-32-16-12-8-4)72-55(60)42-38-34-30-22-19-15-11-7-3/h50-52,57H,5-49H2,1-4H3,(H,62,63)(H,64,65)/t50-,51+,52+/m0/s1. The number of esters is 4. The highest BCUT2D eigenvalue weighted by molar-refractivity contribution is 7.47. The molecule has 0 saturated carbocycles. The van der Waals surface area contributed by atoms with Gasteiger partial charge in [-0.05, 0) is 25.7 Å². The largest absolute Gasteiger partial charge is 0.472 e. The van der Waals surface area contributed by atoms with Gasteiger partial charge in [-0.15, -0.1) is 0 Å². The third kappa shape index (κ3) is 51.3. The lowest BCUT2D eigenvalue weighted by Gasteiger charge is -2.21. The van der Waals surface area contributed by atoms with E-state index in [1.165, 1.54) is 89.9 Å². The first kappa shape index (κ1) is 73.1. The van der Waals surface area contributed by atoms with Crippen molar-refractivity contribution in [2.75, 3.05) is 39.6 Å². The number of hydrogen-bond donors (Lipinski definition) is 3. The number of unbranched alkanes of at least 4 members (excludes halogenated alkanes) is 31. The van der Waals surface area contributed by atoms with E-state index in [0.717, 1.165) is 109 Å². The summed E-state index contributed by atoms with van der Waals surface area (Å²) in [6.45, 7) is 4.70. The van der Waals surface area contributed by atoms with Gasteiger partial charge in [-0.3, -0.25) is 37.3 Å². The van der Waals surface area contributed by atoms with E-state index in [-0.39, 0.29) is 25.7 Å². The number of rotatable bonds is 57. The van der Waals surface area contributed by atoms with Crippen molar-refractivity contribution in [3.05, 3.63) is 0 Å². The number of ether oxygens (including phenoxy) is 4. The van der Waals surface area contributed by atoms with Gasteiger partial charge in [0, 0.05) is 25.7 Å². The smallest absolute Gasteiger partial charge is 0.462 e. The molecule has 444 valence electrons. The first-order valence-corrected chi connectivity index (χ1v) is 32.8. The van der Waals surface area contributed by atoms with E-state index in [0.29, 0.717) is 25.7 Å². The molecular weight excluding hydrogens is 1010 g/mol. The maximum atomic E-state index is 12.9. The first-order chi connectivity index (χ1) is 36.2. The van der Waals surface area contributed by atoms with Crippen LogP contribution in [0.4, 0.5) is 0 Å². The molecule has 0 saturated heterocycles. The van der Waals surface area contributed by atoms with Gasteiger partial charge >= 0.3 is 39.5 Å². The van der Waals surface area contributed by atoms with Crippen LogP contribution in [0.3, 0.4) is 0 Å². The van der Waals surface area contributed by atoms with Crippen LogP contribution in [0.25, 0.3) is 0 Å².